The predicted molar refractivity (Wildman–Crippen MR) is 116 cm³/mol. The summed E-state index contributed by atoms with van der Waals surface area (Å²) >= 11 is 1.59. The topological polar surface area (TPSA) is 68.6 Å². The molecule has 4 rings (SSSR count). The number of benzene rings is 1. The zero-order chi connectivity index (χ0) is 20.2. The number of nitriles is 1. The number of piperazine rings is 1. The van der Waals surface area contributed by atoms with E-state index in [0.717, 1.165) is 61.8 Å². The zero-order valence-electron chi connectivity index (χ0n) is 16.7. The Labute approximate surface area is 175 Å². The molecule has 0 radical (unpaired) electrons. The van der Waals surface area contributed by atoms with Crippen molar-refractivity contribution in [1.82, 2.24) is 4.90 Å². The van der Waals surface area contributed by atoms with Crippen molar-refractivity contribution in [2.45, 2.75) is 25.7 Å². The summed E-state index contributed by atoms with van der Waals surface area (Å²) in [6.07, 6.45) is 4.28. The van der Waals surface area contributed by atoms with E-state index in [2.05, 4.69) is 33.3 Å². The highest BCUT2D eigenvalue weighted by Gasteiger charge is 2.23. The van der Waals surface area contributed by atoms with Crippen molar-refractivity contribution in [2.24, 2.45) is 0 Å². The second kappa shape index (κ2) is 8.85. The normalized spacial score (nSPS) is 16.8. The first-order valence-corrected chi connectivity index (χ1v) is 11.0. The van der Waals surface area contributed by atoms with E-state index in [-0.39, 0.29) is 5.91 Å². The molecule has 0 saturated carbocycles. The van der Waals surface area contributed by atoms with E-state index in [1.807, 2.05) is 12.1 Å². The van der Waals surface area contributed by atoms with E-state index in [9.17, 15) is 10.1 Å². The largest absolute Gasteiger partial charge is 0.497 e. The van der Waals surface area contributed by atoms with E-state index in [0.29, 0.717) is 12.1 Å². The lowest BCUT2D eigenvalue weighted by Crippen LogP contribution is -2.48. The van der Waals surface area contributed by atoms with Crippen LogP contribution in [0.5, 0.6) is 5.75 Å². The number of ether oxygens (including phenoxy) is 1. The number of aryl methyl sites for hydroxylation is 1. The second-order valence-electron chi connectivity index (χ2n) is 7.54. The molecule has 1 N–H and O–H groups in total. The van der Waals surface area contributed by atoms with Crippen molar-refractivity contribution in [3.63, 3.8) is 0 Å². The number of rotatable bonds is 5. The Bertz CT molecular complexity index is 908. The van der Waals surface area contributed by atoms with Gasteiger partial charge in [0.1, 0.15) is 16.8 Å². The van der Waals surface area contributed by atoms with Crippen LogP contribution in [0.15, 0.2) is 24.3 Å². The van der Waals surface area contributed by atoms with Crippen LogP contribution in [-0.2, 0) is 17.6 Å². The summed E-state index contributed by atoms with van der Waals surface area (Å²) in [5.74, 6) is 0.828. The maximum atomic E-state index is 12.6. The van der Waals surface area contributed by atoms with E-state index in [1.165, 1.54) is 17.0 Å². The number of hydrogen-bond donors (Lipinski definition) is 1. The standard InChI is InChI=1S/C22H26N4O2S/c1-28-17-8-6-16(7-9-17)26-12-10-25(11-13-26)15-21(27)24-22-19(14-23)18-4-2-3-5-20(18)29-22/h6-9H,2-5,10-13,15H2,1H3,(H,24,27). The Morgan fingerprint density at radius 3 is 2.59 bits per heavy atom. The quantitative estimate of drug-likeness (QED) is 0.819. The highest BCUT2D eigenvalue weighted by Crippen LogP contribution is 2.37. The van der Waals surface area contributed by atoms with Gasteiger partial charge in [-0.1, -0.05) is 0 Å². The first kappa shape index (κ1) is 19.7. The molecule has 0 spiro atoms. The highest BCUT2D eigenvalue weighted by atomic mass is 32.1. The third-order valence-corrected chi connectivity index (χ3v) is 6.92. The van der Waals surface area contributed by atoms with Gasteiger partial charge in [0, 0.05) is 36.7 Å². The molecule has 1 aromatic carbocycles. The molecule has 1 amide bonds. The van der Waals surface area contributed by atoms with Gasteiger partial charge in [-0.15, -0.1) is 11.3 Å². The molecule has 7 heteroatoms. The number of nitrogens with one attached hydrogen (secondary N) is 1. The average molecular weight is 411 g/mol. The molecule has 6 nitrogen and oxygen atoms in total. The molecule has 152 valence electrons. The average Bonchev–Trinajstić information content (AvgIpc) is 3.11. The Balaban J connectivity index is 1.31. The van der Waals surface area contributed by atoms with Gasteiger partial charge >= 0.3 is 0 Å². The number of methoxy groups -OCH3 is 1. The molecule has 2 aliphatic rings. The van der Waals surface area contributed by atoms with Crippen LogP contribution in [0, 0.1) is 11.3 Å². The minimum absolute atomic E-state index is 0.0296. The molecule has 1 saturated heterocycles. The fourth-order valence-corrected chi connectivity index (χ4v) is 5.35. The fraction of sp³-hybridized carbons (Fsp3) is 0.455. The van der Waals surface area contributed by atoms with Crippen LogP contribution in [0.1, 0.15) is 28.8 Å². The van der Waals surface area contributed by atoms with E-state index >= 15 is 0 Å². The maximum Gasteiger partial charge on any atom is 0.239 e. The number of hydrogen-bond acceptors (Lipinski definition) is 6. The predicted octanol–water partition coefficient (Wildman–Crippen LogP) is 3.27. The molecule has 0 atom stereocenters. The van der Waals surface area contributed by atoms with E-state index < -0.39 is 0 Å². The first-order chi connectivity index (χ1) is 14.2. The number of thiophene rings is 1. The lowest BCUT2D eigenvalue weighted by Gasteiger charge is -2.35. The van der Waals surface area contributed by atoms with Crippen LogP contribution < -0.4 is 15.0 Å². The Morgan fingerprint density at radius 2 is 1.90 bits per heavy atom. The van der Waals surface area contributed by atoms with Gasteiger partial charge in [-0.25, -0.2) is 0 Å². The van der Waals surface area contributed by atoms with Gasteiger partial charge in [-0.05, 0) is 55.5 Å². The Hall–Kier alpha value is -2.56. The van der Waals surface area contributed by atoms with Gasteiger partial charge in [0.05, 0.1) is 19.2 Å². The van der Waals surface area contributed by atoms with Crippen LogP contribution in [-0.4, -0.2) is 50.6 Å². The minimum Gasteiger partial charge on any atom is -0.497 e. The molecule has 29 heavy (non-hydrogen) atoms. The molecule has 2 aromatic rings. The van der Waals surface area contributed by atoms with Gasteiger partial charge < -0.3 is 15.0 Å². The van der Waals surface area contributed by atoms with Crippen molar-refractivity contribution < 1.29 is 9.53 Å². The second-order valence-corrected chi connectivity index (χ2v) is 8.64. The third kappa shape index (κ3) is 4.39. The van der Waals surface area contributed by atoms with Crippen molar-refractivity contribution >= 4 is 27.9 Å². The third-order valence-electron chi connectivity index (χ3n) is 5.71. The minimum atomic E-state index is -0.0296. The monoisotopic (exact) mass is 410 g/mol. The van der Waals surface area contributed by atoms with Gasteiger partial charge in [-0.3, -0.25) is 9.69 Å². The van der Waals surface area contributed by atoms with Gasteiger partial charge in [0.2, 0.25) is 5.91 Å². The lowest BCUT2D eigenvalue weighted by molar-refractivity contribution is -0.117. The molecular formula is C22H26N4O2S. The fourth-order valence-electron chi connectivity index (χ4n) is 4.10. The van der Waals surface area contributed by atoms with Crippen LogP contribution in [0.4, 0.5) is 10.7 Å². The van der Waals surface area contributed by atoms with Crippen LogP contribution in [0.25, 0.3) is 0 Å². The van der Waals surface area contributed by atoms with Crippen molar-refractivity contribution in [3.8, 4) is 11.8 Å². The summed E-state index contributed by atoms with van der Waals surface area (Å²) in [7, 11) is 1.67. The summed E-state index contributed by atoms with van der Waals surface area (Å²) in [6.45, 7) is 3.81. The Kier molecular flexibility index (Phi) is 6.02. The van der Waals surface area contributed by atoms with Crippen LogP contribution >= 0.6 is 11.3 Å². The summed E-state index contributed by atoms with van der Waals surface area (Å²) in [4.78, 5) is 18.4. The number of fused-ring (bicyclic) bond motifs is 1. The number of anilines is 2. The van der Waals surface area contributed by atoms with E-state index in [4.69, 9.17) is 4.74 Å². The number of carbonyl (C=O) groups excluding carboxylic acids is 1. The molecule has 1 fully saturated rings. The van der Waals surface area contributed by atoms with Crippen molar-refractivity contribution in [3.05, 3.63) is 40.3 Å². The number of amides is 1. The van der Waals surface area contributed by atoms with E-state index in [1.54, 1.807) is 18.4 Å². The smallest absolute Gasteiger partial charge is 0.239 e. The summed E-state index contributed by atoms with van der Waals surface area (Å²) in [6, 6.07) is 10.4. The Morgan fingerprint density at radius 1 is 1.17 bits per heavy atom. The SMILES string of the molecule is COc1ccc(N2CCN(CC(=O)Nc3sc4c(c3C#N)CCCC4)CC2)cc1. The zero-order valence-corrected chi connectivity index (χ0v) is 17.6. The van der Waals surface area contributed by atoms with Gasteiger partial charge in [-0.2, -0.15) is 5.26 Å². The molecule has 1 aliphatic heterocycles. The van der Waals surface area contributed by atoms with Crippen molar-refractivity contribution in [1.29, 1.82) is 5.26 Å². The lowest BCUT2D eigenvalue weighted by atomic mass is 9.96. The summed E-state index contributed by atoms with van der Waals surface area (Å²) in [5, 5.41) is 13.3. The molecule has 2 heterocycles. The number of carbonyl (C=O) groups is 1. The molecule has 0 bridgehead atoms. The summed E-state index contributed by atoms with van der Waals surface area (Å²) in [5.41, 5.74) is 3.02. The van der Waals surface area contributed by atoms with Crippen molar-refractivity contribution in [2.75, 3.05) is 50.1 Å². The van der Waals surface area contributed by atoms with Crippen LogP contribution in [0.2, 0.25) is 0 Å². The van der Waals surface area contributed by atoms with Gasteiger partial charge in [0.15, 0.2) is 0 Å². The first-order valence-electron chi connectivity index (χ1n) is 10.1. The molecule has 1 aromatic heterocycles. The molecular weight excluding hydrogens is 384 g/mol. The number of nitrogens with zero attached hydrogens (tertiary/aromatic N) is 3. The molecule has 0 unspecified atom stereocenters. The summed E-state index contributed by atoms with van der Waals surface area (Å²) < 4.78 is 5.22. The highest BCUT2D eigenvalue weighted by molar-refractivity contribution is 7.16. The maximum absolute atomic E-state index is 12.6. The van der Waals surface area contributed by atoms with Gasteiger partial charge in [0.25, 0.3) is 0 Å². The molecule has 1 aliphatic carbocycles. The van der Waals surface area contributed by atoms with Crippen LogP contribution in [0.3, 0.4) is 0 Å².